The topological polar surface area (TPSA) is 66.4 Å². The van der Waals surface area contributed by atoms with Crippen molar-refractivity contribution in [2.45, 2.75) is 32.1 Å². The largest absolute Gasteiger partial charge is 0.481 e. The molecule has 2 N–H and O–H groups in total. The Labute approximate surface area is 139 Å². The van der Waals surface area contributed by atoms with Crippen LogP contribution in [-0.2, 0) is 9.59 Å². The third kappa shape index (κ3) is 4.14. The second-order valence-corrected chi connectivity index (χ2v) is 6.51. The van der Waals surface area contributed by atoms with E-state index in [1.54, 1.807) is 12.1 Å². The van der Waals surface area contributed by atoms with Crippen LogP contribution in [0.4, 0.5) is 0 Å². The van der Waals surface area contributed by atoms with Crippen LogP contribution in [0, 0.1) is 11.8 Å². The number of benzene rings is 1. The first-order chi connectivity index (χ1) is 10.4. The van der Waals surface area contributed by atoms with Crippen molar-refractivity contribution in [1.29, 1.82) is 0 Å². The normalized spacial score (nSPS) is 21.2. The van der Waals surface area contributed by atoms with Gasteiger partial charge in [0, 0.05) is 12.5 Å². The molecule has 3 unspecified atom stereocenters. The van der Waals surface area contributed by atoms with Crippen LogP contribution in [0.3, 0.4) is 0 Å². The van der Waals surface area contributed by atoms with Crippen LogP contribution < -0.4 is 5.32 Å². The zero-order chi connectivity index (χ0) is 16.3. The maximum Gasteiger partial charge on any atom is 0.308 e. The summed E-state index contributed by atoms with van der Waals surface area (Å²) in [6.45, 7) is 2.12. The Kier molecular flexibility index (Phi) is 5.70. The number of nitrogens with one attached hydrogen (secondary N) is 1. The van der Waals surface area contributed by atoms with Gasteiger partial charge in [-0.05, 0) is 36.5 Å². The maximum atomic E-state index is 12.1. The lowest BCUT2D eigenvalue weighted by Crippen LogP contribution is -2.34. The van der Waals surface area contributed by atoms with Gasteiger partial charge in [0.1, 0.15) is 0 Å². The molecule has 1 aliphatic rings. The van der Waals surface area contributed by atoms with E-state index in [9.17, 15) is 9.59 Å². The molecule has 0 heterocycles. The van der Waals surface area contributed by atoms with E-state index in [1.165, 1.54) is 0 Å². The number of halogens is 2. The van der Waals surface area contributed by atoms with Crippen molar-refractivity contribution in [3.05, 3.63) is 33.8 Å². The van der Waals surface area contributed by atoms with Gasteiger partial charge in [-0.25, -0.2) is 0 Å². The van der Waals surface area contributed by atoms with E-state index < -0.39 is 11.9 Å². The van der Waals surface area contributed by atoms with E-state index in [0.29, 0.717) is 16.5 Å². The molecule has 0 saturated heterocycles. The summed E-state index contributed by atoms with van der Waals surface area (Å²) in [6.07, 6.45) is 2.11. The lowest BCUT2D eigenvalue weighted by atomic mass is 10.0. The van der Waals surface area contributed by atoms with Crippen LogP contribution in [0.2, 0.25) is 10.0 Å². The summed E-state index contributed by atoms with van der Waals surface area (Å²) in [7, 11) is 0. The molecule has 1 aromatic carbocycles. The van der Waals surface area contributed by atoms with Crippen LogP contribution in [0.25, 0.3) is 0 Å². The highest BCUT2D eigenvalue weighted by Crippen LogP contribution is 2.48. The lowest BCUT2D eigenvalue weighted by Gasteiger charge is -2.12. The summed E-state index contributed by atoms with van der Waals surface area (Å²) in [4.78, 5) is 23.2. The second-order valence-electron chi connectivity index (χ2n) is 5.69. The fourth-order valence-corrected chi connectivity index (χ4v) is 2.92. The van der Waals surface area contributed by atoms with Crippen molar-refractivity contribution in [1.82, 2.24) is 5.32 Å². The van der Waals surface area contributed by atoms with E-state index in [1.807, 2.05) is 13.0 Å². The highest BCUT2D eigenvalue weighted by Gasteiger charge is 2.44. The number of aliphatic carboxylic acids is 1. The minimum atomic E-state index is -0.862. The number of rotatable bonds is 7. The third-order valence-corrected chi connectivity index (χ3v) is 4.75. The van der Waals surface area contributed by atoms with Gasteiger partial charge in [-0.15, -0.1) is 0 Å². The summed E-state index contributed by atoms with van der Waals surface area (Å²) >= 11 is 11.9. The Hall–Kier alpha value is -1.26. The van der Waals surface area contributed by atoms with Crippen LogP contribution in [0.1, 0.15) is 37.7 Å². The van der Waals surface area contributed by atoms with Crippen molar-refractivity contribution < 1.29 is 14.7 Å². The molecule has 120 valence electrons. The molecule has 6 heteroatoms. The molecule has 22 heavy (non-hydrogen) atoms. The highest BCUT2D eigenvalue weighted by atomic mass is 35.5. The zero-order valence-electron chi connectivity index (χ0n) is 12.3. The Morgan fingerprint density at radius 1 is 1.36 bits per heavy atom. The summed E-state index contributed by atoms with van der Waals surface area (Å²) in [5.74, 6) is -1.42. The van der Waals surface area contributed by atoms with Crippen molar-refractivity contribution in [2.24, 2.45) is 11.8 Å². The third-order valence-electron chi connectivity index (χ3n) is 4.01. The Morgan fingerprint density at radius 3 is 2.68 bits per heavy atom. The first kappa shape index (κ1) is 17.1. The standard InChI is InChI=1S/C16H19Cl2NO3/c1-2-3-10(16(21)22)8-19-15(20)12-7-11(12)9-4-5-13(17)14(18)6-9/h4-6,10-12H,2-3,7-8H2,1H3,(H,19,20)(H,21,22). The van der Waals surface area contributed by atoms with Crippen molar-refractivity contribution in [3.8, 4) is 0 Å². The number of carboxylic acid groups (broad SMARTS) is 1. The van der Waals surface area contributed by atoms with Gasteiger partial charge in [0.25, 0.3) is 0 Å². The summed E-state index contributed by atoms with van der Waals surface area (Å²) in [6, 6.07) is 5.40. The average Bonchev–Trinajstić information content (AvgIpc) is 3.26. The van der Waals surface area contributed by atoms with Gasteiger partial charge in [0.15, 0.2) is 0 Å². The predicted octanol–water partition coefficient (Wildman–Crippen LogP) is 3.71. The Balaban J connectivity index is 1.87. The average molecular weight is 344 g/mol. The molecule has 0 radical (unpaired) electrons. The lowest BCUT2D eigenvalue weighted by molar-refractivity contribution is -0.142. The van der Waals surface area contributed by atoms with Gasteiger partial charge in [0.2, 0.25) is 5.91 Å². The molecular formula is C16H19Cl2NO3. The monoisotopic (exact) mass is 343 g/mol. The van der Waals surface area contributed by atoms with Gasteiger partial charge in [-0.2, -0.15) is 0 Å². The fourth-order valence-electron chi connectivity index (χ4n) is 2.61. The SMILES string of the molecule is CCCC(CNC(=O)C1CC1c1ccc(Cl)c(Cl)c1)C(=O)O. The smallest absolute Gasteiger partial charge is 0.308 e. The molecule has 4 nitrogen and oxygen atoms in total. The minimum absolute atomic E-state index is 0.0848. The van der Waals surface area contributed by atoms with Crippen molar-refractivity contribution in [2.75, 3.05) is 6.54 Å². The van der Waals surface area contributed by atoms with Crippen LogP contribution in [-0.4, -0.2) is 23.5 Å². The summed E-state index contributed by atoms with van der Waals surface area (Å²) in [5.41, 5.74) is 0.998. The zero-order valence-corrected chi connectivity index (χ0v) is 13.8. The van der Waals surface area contributed by atoms with Crippen LogP contribution in [0.15, 0.2) is 18.2 Å². The number of hydrogen-bond acceptors (Lipinski definition) is 2. The number of hydrogen-bond donors (Lipinski definition) is 2. The molecule has 0 bridgehead atoms. The molecule has 0 spiro atoms. The van der Waals surface area contributed by atoms with E-state index in [4.69, 9.17) is 28.3 Å². The molecule has 1 aromatic rings. The molecule has 0 aliphatic heterocycles. The number of amides is 1. The van der Waals surface area contributed by atoms with Crippen LogP contribution in [0.5, 0.6) is 0 Å². The van der Waals surface area contributed by atoms with Crippen molar-refractivity contribution in [3.63, 3.8) is 0 Å². The Bertz CT molecular complexity index is 577. The van der Waals surface area contributed by atoms with E-state index >= 15 is 0 Å². The molecule has 1 amide bonds. The second kappa shape index (κ2) is 7.34. The highest BCUT2D eigenvalue weighted by molar-refractivity contribution is 6.42. The molecule has 1 aliphatic carbocycles. The van der Waals surface area contributed by atoms with Gasteiger partial charge in [-0.3, -0.25) is 9.59 Å². The first-order valence-corrected chi connectivity index (χ1v) is 8.15. The summed E-state index contributed by atoms with van der Waals surface area (Å²) < 4.78 is 0. The number of carbonyl (C=O) groups is 2. The van der Waals surface area contributed by atoms with E-state index in [0.717, 1.165) is 18.4 Å². The molecule has 0 aromatic heterocycles. The minimum Gasteiger partial charge on any atom is -0.481 e. The van der Waals surface area contributed by atoms with Crippen molar-refractivity contribution >= 4 is 35.1 Å². The van der Waals surface area contributed by atoms with Crippen LogP contribution >= 0.6 is 23.2 Å². The maximum absolute atomic E-state index is 12.1. The molecule has 1 saturated carbocycles. The molecular weight excluding hydrogens is 325 g/mol. The van der Waals surface area contributed by atoms with Gasteiger partial charge >= 0.3 is 5.97 Å². The molecule has 1 fully saturated rings. The quantitative estimate of drug-likeness (QED) is 0.792. The molecule has 2 rings (SSSR count). The van der Waals surface area contributed by atoms with E-state index in [2.05, 4.69) is 5.32 Å². The predicted molar refractivity (Wildman–Crippen MR) is 86.4 cm³/mol. The van der Waals surface area contributed by atoms with Gasteiger partial charge in [-0.1, -0.05) is 42.6 Å². The van der Waals surface area contributed by atoms with E-state index in [-0.39, 0.29) is 24.3 Å². The first-order valence-electron chi connectivity index (χ1n) is 7.39. The van der Waals surface area contributed by atoms with Gasteiger partial charge in [0.05, 0.1) is 16.0 Å². The Morgan fingerprint density at radius 2 is 2.09 bits per heavy atom. The molecule has 3 atom stereocenters. The van der Waals surface area contributed by atoms with Gasteiger partial charge < -0.3 is 10.4 Å². The summed E-state index contributed by atoms with van der Waals surface area (Å²) in [5, 5.41) is 12.8. The fraction of sp³-hybridized carbons (Fsp3) is 0.500. The number of carbonyl (C=O) groups excluding carboxylic acids is 1. The number of carboxylic acids is 1.